The molecule has 8 nitrogen and oxygen atoms in total. The second kappa shape index (κ2) is 8.46. The highest BCUT2D eigenvalue weighted by Crippen LogP contribution is 2.41. The second-order valence-corrected chi connectivity index (χ2v) is 10.9. The van der Waals surface area contributed by atoms with Crippen LogP contribution in [0.15, 0.2) is 29.0 Å². The number of likely N-dealkylation sites (tertiary alicyclic amines) is 1. The molecule has 1 spiro atoms. The van der Waals surface area contributed by atoms with Gasteiger partial charge in [0.25, 0.3) is 0 Å². The zero-order valence-electron chi connectivity index (χ0n) is 19.9. The first-order chi connectivity index (χ1) is 16.4. The highest BCUT2D eigenvalue weighted by Gasteiger charge is 2.52. The molecular weight excluding hydrogens is 439 g/mol. The Morgan fingerprint density at radius 1 is 1.09 bits per heavy atom. The number of ether oxygens (including phenoxy) is 3. The Morgan fingerprint density at radius 2 is 1.91 bits per heavy atom. The van der Waals surface area contributed by atoms with Crippen LogP contribution in [-0.4, -0.2) is 77.8 Å². The van der Waals surface area contributed by atoms with Crippen LogP contribution in [0.4, 0.5) is 10.4 Å². The van der Waals surface area contributed by atoms with E-state index in [4.69, 9.17) is 18.6 Å². The maximum Gasteiger partial charge on any atom is 0.318 e. The highest BCUT2D eigenvalue weighted by molar-refractivity contribution is 5.38. The third-order valence-electron chi connectivity index (χ3n) is 7.90. The second-order valence-electron chi connectivity index (χ2n) is 10.9. The van der Waals surface area contributed by atoms with Gasteiger partial charge >= 0.3 is 6.01 Å². The zero-order chi connectivity index (χ0) is 23.3. The van der Waals surface area contributed by atoms with Crippen molar-refractivity contribution in [2.75, 3.05) is 44.3 Å². The summed E-state index contributed by atoms with van der Waals surface area (Å²) in [5, 5.41) is 7.75. The SMILES string of the molecule is CC1(C)C[C@@H](Oc2ccc(F)cc2C2CCN([C@@H]3COC4(C3)CN(c3nnco3)C4)CC2)CO1. The molecule has 184 valence electrons. The summed E-state index contributed by atoms with van der Waals surface area (Å²) in [6.45, 7) is 9.07. The van der Waals surface area contributed by atoms with Gasteiger partial charge in [0.15, 0.2) is 0 Å². The summed E-state index contributed by atoms with van der Waals surface area (Å²) in [4.78, 5) is 4.62. The Hall–Kier alpha value is -2.23. The first kappa shape index (κ1) is 22.2. The molecule has 1 aromatic heterocycles. The normalized spacial score (nSPS) is 29.0. The smallest absolute Gasteiger partial charge is 0.318 e. The van der Waals surface area contributed by atoms with Crippen LogP contribution in [0.1, 0.15) is 51.0 Å². The van der Waals surface area contributed by atoms with Gasteiger partial charge in [-0.3, -0.25) is 4.90 Å². The van der Waals surface area contributed by atoms with Gasteiger partial charge in [-0.1, -0.05) is 5.10 Å². The van der Waals surface area contributed by atoms with Gasteiger partial charge in [0.05, 0.1) is 31.9 Å². The molecule has 0 unspecified atom stereocenters. The van der Waals surface area contributed by atoms with Crippen LogP contribution in [0, 0.1) is 5.82 Å². The van der Waals surface area contributed by atoms with E-state index in [0.717, 1.165) is 69.8 Å². The maximum atomic E-state index is 14.2. The fourth-order valence-electron chi connectivity index (χ4n) is 6.13. The Balaban J connectivity index is 1.05. The Bertz CT molecular complexity index is 1000. The molecule has 0 N–H and O–H groups in total. The summed E-state index contributed by atoms with van der Waals surface area (Å²) >= 11 is 0. The van der Waals surface area contributed by atoms with Gasteiger partial charge < -0.3 is 23.5 Å². The van der Waals surface area contributed by atoms with Crippen molar-refractivity contribution in [3.8, 4) is 5.75 Å². The summed E-state index contributed by atoms with van der Waals surface area (Å²) in [5.41, 5.74) is 0.730. The van der Waals surface area contributed by atoms with Crippen molar-refractivity contribution in [1.29, 1.82) is 0 Å². The summed E-state index contributed by atoms with van der Waals surface area (Å²) in [7, 11) is 0. The topological polar surface area (TPSA) is 73.1 Å². The van der Waals surface area contributed by atoms with Gasteiger partial charge in [0.1, 0.15) is 23.3 Å². The predicted octanol–water partition coefficient (Wildman–Crippen LogP) is 3.38. The number of anilines is 1. The molecule has 0 amide bonds. The minimum Gasteiger partial charge on any atom is -0.488 e. The maximum absolute atomic E-state index is 14.2. The molecule has 0 saturated carbocycles. The first-order valence-electron chi connectivity index (χ1n) is 12.4. The van der Waals surface area contributed by atoms with Crippen LogP contribution >= 0.6 is 0 Å². The Morgan fingerprint density at radius 3 is 2.62 bits per heavy atom. The summed E-state index contributed by atoms with van der Waals surface area (Å²) in [6.07, 6.45) is 5.22. The molecule has 9 heteroatoms. The number of piperidine rings is 1. The Kier molecular flexibility index (Phi) is 5.54. The largest absolute Gasteiger partial charge is 0.488 e. The quantitative estimate of drug-likeness (QED) is 0.656. The van der Waals surface area contributed by atoms with Gasteiger partial charge in [-0.15, -0.1) is 5.10 Å². The summed E-state index contributed by atoms with van der Waals surface area (Å²) in [6, 6.07) is 5.96. The third-order valence-corrected chi connectivity index (χ3v) is 7.90. The number of aromatic nitrogens is 2. The number of hydrogen-bond acceptors (Lipinski definition) is 8. The van der Waals surface area contributed by atoms with Gasteiger partial charge in [-0.25, -0.2) is 4.39 Å². The van der Waals surface area contributed by atoms with Crippen LogP contribution in [0.25, 0.3) is 0 Å². The molecule has 0 bridgehead atoms. The molecule has 2 atom stereocenters. The van der Waals surface area contributed by atoms with Crippen molar-refractivity contribution in [2.45, 2.75) is 68.8 Å². The van der Waals surface area contributed by atoms with Gasteiger partial charge in [-0.2, -0.15) is 0 Å². The molecule has 6 rings (SSSR count). The summed E-state index contributed by atoms with van der Waals surface area (Å²) < 4.78 is 37.9. The standard InChI is InChI=1S/C25H33FN4O4/c1-24(2)11-20(13-32-24)34-22-4-3-18(26)9-21(22)17-5-7-29(8-6-17)19-10-25(33-12-19)14-30(15-25)23-28-27-16-31-23/h3-4,9,16-17,19-20H,5-8,10-15H2,1-2H3/t19-,20+/m0/s1. The average Bonchev–Trinajstić information content (AvgIpc) is 3.54. The lowest BCUT2D eigenvalue weighted by Crippen LogP contribution is -2.62. The van der Waals surface area contributed by atoms with E-state index in [1.54, 1.807) is 12.1 Å². The van der Waals surface area contributed by atoms with E-state index in [-0.39, 0.29) is 23.1 Å². The monoisotopic (exact) mass is 472 g/mol. The van der Waals surface area contributed by atoms with Crippen molar-refractivity contribution >= 4 is 6.01 Å². The van der Waals surface area contributed by atoms with Crippen LogP contribution in [0.3, 0.4) is 0 Å². The van der Waals surface area contributed by atoms with Crippen LogP contribution in [0.2, 0.25) is 0 Å². The van der Waals surface area contributed by atoms with E-state index in [1.807, 2.05) is 0 Å². The van der Waals surface area contributed by atoms with Crippen molar-refractivity contribution in [2.24, 2.45) is 0 Å². The Labute approximate surface area is 199 Å². The van der Waals surface area contributed by atoms with Crippen molar-refractivity contribution in [3.05, 3.63) is 36.0 Å². The average molecular weight is 473 g/mol. The van der Waals surface area contributed by atoms with Crippen LogP contribution < -0.4 is 9.64 Å². The lowest BCUT2D eigenvalue weighted by atomic mass is 9.86. The van der Waals surface area contributed by atoms with E-state index in [2.05, 4.69) is 33.8 Å². The zero-order valence-corrected chi connectivity index (χ0v) is 19.9. The molecule has 0 aliphatic carbocycles. The molecule has 4 fully saturated rings. The summed E-state index contributed by atoms with van der Waals surface area (Å²) in [5.74, 6) is 0.907. The number of nitrogens with zero attached hydrogens (tertiary/aromatic N) is 4. The van der Waals surface area contributed by atoms with Gasteiger partial charge in [0, 0.05) is 18.0 Å². The van der Waals surface area contributed by atoms with E-state index in [0.29, 0.717) is 24.6 Å². The number of rotatable bonds is 5. The molecule has 0 radical (unpaired) electrons. The highest BCUT2D eigenvalue weighted by atomic mass is 19.1. The lowest BCUT2D eigenvalue weighted by Gasteiger charge is -2.46. The van der Waals surface area contributed by atoms with E-state index >= 15 is 0 Å². The molecule has 1 aromatic carbocycles. The molecule has 4 saturated heterocycles. The molecular formula is C25H33FN4O4. The molecule has 2 aromatic rings. The molecule has 5 heterocycles. The van der Waals surface area contributed by atoms with E-state index in [1.165, 1.54) is 12.5 Å². The fraction of sp³-hybridized carbons (Fsp3) is 0.680. The number of benzene rings is 1. The number of hydrogen-bond donors (Lipinski definition) is 0. The van der Waals surface area contributed by atoms with Crippen LogP contribution in [-0.2, 0) is 9.47 Å². The van der Waals surface area contributed by atoms with Crippen molar-refractivity contribution in [3.63, 3.8) is 0 Å². The van der Waals surface area contributed by atoms with E-state index in [9.17, 15) is 4.39 Å². The molecule has 34 heavy (non-hydrogen) atoms. The third kappa shape index (κ3) is 4.29. The van der Waals surface area contributed by atoms with Gasteiger partial charge in [0.2, 0.25) is 6.39 Å². The molecule has 4 aliphatic heterocycles. The van der Waals surface area contributed by atoms with Gasteiger partial charge in [-0.05, 0) is 70.3 Å². The van der Waals surface area contributed by atoms with Crippen LogP contribution in [0.5, 0.6) is 5.75 Å². The molecule has 4 aliphatic rings. The predicted molar refractivity (Wildman–Crippen MR) is 123 cm³/mol. The fourth-order valence-corrected chi connectivity index (χ4v) is 6.13. The lowest BCUT2D eigenvalue weighted by molar-refractivity contribution is -0.0216. The van der Waals surface area contributed by atoms with E-state index < -0.39 is 0 Å². The minimum absolute atomic E-state index is 0.0142. The van der Waals surface area contributed by atoms with Crippen molar-refractivity contribution in [1.82, 2.24) is 15.1 Å². The number of halogens is 1. The van der Waals surface area contributed by atoms with Crippen molar-refractivity contribution < 1.29 is 23.0 Å². The first-order valence-corrected chi connectivity index (χ1v) is 12.4. The minimum atomic E-state index is -0.199.